The zero-order valence-corrected chi connectivity index (χ0v) is 19.1. The van der Waals surface area contributed by atoms with Crippen LogP contribution in [0, 0.1) is 0 Å². The van der Waals surface area contributed by atoms with Crippen LogP contribution in [0.5, 0.6) is 11.5 Å². The maximum absolute atomic E-state index is 13.1. The summed E-state index contributed by atoms with van der Waals surface area (Å²) in [5.74, 6) is -0.736. The van der Waals surface area contributed by atoms with Crippen molar-refractivity contribution in [2.45, 2.75) is 60.1 Å². The van der Waals surface area contributed by atoms with E-state index in [0.29, 0.717) is 33.8 Å². The molecule has 3 heterocycles. The molecule has 0 aromatic heterocycles. The summed E-state index contributed by atoms with van der Waals surface area (Å²) in [6, 6.07) is 10.2. The Morgan fingerprint density at radius 3 is 1.78 bits per heavy atom. The van der Waals surface area contributed by atoms with E-state index in [-0.39, 0.29) is 11.6 Å². The van der Waals surface area contributed by atoms with Gasteiger partial charge in [-0.25, -0.2) is 0 Å². The molecule has 3 aliphatic heterocycles. The third-order valence-corrected chi connectivity index (χ3v) is 7.44. The predicted octanol–water partition coefficient (Wildman–Crippen LogP) is 4.21. The topological polar surface area (TPSA) is 94.7 Å². The fourth-order valence-corrected chi connectivity index (χ4v) is 5.25. The molecule has 166 valence electrons. The number of ketones is 2. The lowest BCUT2D eigenvalue weighted by Crippen LogP contribution is -2.33. The van der Waals surface area contributed by atoms with Crippen molar-refractivity contribution >= 4 is 29.6 Å². The molecule has 0 bridgehead atoms. The van der Waals surface area contributed by atoms with Crippen molar-refractivity contribution in [1.29, 1.82) is 0 Å². The number of Topliss-reactive ketones (excluding diaryl/α,β-unsaturated/α-hetero) is 2. The van der Waals surface area contributed by atoms with Gasteiger partial charge in [0.15, 0.2) is 6.29 Å². The Bertz CT molecular complexity index is 1200. The molecule has 2 aromatic carbocycles. The lowest BCUT2D eigenvalue weighted by Gasteiger charge is -2.21. The molecule has 2 saturated heterocycles. The highest BCUT2D eigenvalue weighted by molar-refractivity contribution is 7.99. The van der Waals surface area contributed by atoms with E-state index in [4.69, 9.17) is 18.9 Å². The van der Waals surface area contributed by atoms with Crippen LogP contribution in [-0.2, 0) is 19.0 Å². The standard InChI is InChI=1S/C24H22O7S/c1-21(2)23(12-25,30-21)19(26)13-6-8-15-17(10-13)32-18-11-14(7-9-16(18)29-15)20(27)24(28-5)22(3,4)31-24/h6-12H,1-5H3. The normalized spacial score (nSPS) is 28.0. The second-order valence-electron chi connectivity index (χ2n) is 9.08. The van der Waals surface area contributed by atoms with E-state index in [1.54, 1.807) is 64.1 Å². The van der Waals surface area contributed by atoms with Gasteiger partial charge >= 0.3 is 0 Å². The van der Waals surface area contributed by atoms with E-state index in [2.05, 4.69) is 0 Å². The van der Waals surface area contributed by atoms with Crippen LogP contribution in [0.15, 0.2) is 46.2 Å². The van der Waals surface area contributed by atoms with Gasteiger partial charge in [0.05, 0.1) is 9.79 Å². The van der Waals surface area contributed by atoms with Crippen LogP contribution in [0.1, 0.15) is 48.4 Å². The molecule has 0 radical (unpaired) electrons. The van der Waals surface area contributed by atoms with Crippen LogP contribution in [-0.4, -0.2) is 47.6 Å². The van der Waals surface area contributed by atoms with Gasteiger partial charge in [-0.15, -0.1) is 0 Å². The Morgan fingerprint density at radius 2 is 1.38 bits per heavy atom. The molecular formula is C24H22O7S. The lowest BCUT2D eigenvalue weighted by atomic mass is 9.89. The molecule has 0 N–H and O–H groups in total. The second-order valence-corrected chi connectivity index (χ2v) is 10.2. The largest absolute Gasteiger partial charge is 0.455 e. The first kappa shape index (κ1) is 21.3. The van der Waals surface area contributed by atoms with E-state index >= 15 is 0 Å². The fourth-order valence-electron chi connectivity index (χ4n) is 4.22. The molecule has 0 amide bonds. The molecule has 32 heavy (non-hydrogen) atoms. The van der Waals surface area contributed by atoms with E-state index < -0.39 is 22.6 Å². The molecule has 0 saturated carbocycles. The summed E-state index contributed by atoms with van der Waals surface area (Å²) >= 11 is 1.38. The number of methoxy groups -OCH3 is 1. The molecule has 3 aliphatic rings. The summed E-state index contributed by atoms with van der Waals surface area (Å²) in [4.78, 5) is 39.1. The highest BCUT2D eigenvalue weighted by Gasteiger charge is 2.71. The summed E-state index contributed by atoms with van der Waals surface area (Å²) in [6.45, 7) is 7.02. The average molecular weight is 455 g/mol. The molecule has 2 atom stereocenters. The summed E-state index contributed by atoms with van der Waals surface area (Å²) in [7, 11) is 1.45. The molecular weight excluding hydrogens is 432 g/mol. The van der Waals surface area contributed by atoms with Crippen molar-refractivity contribution in [3.05, 3.63) is 47.5 Å². The number of epoxide rings is 2. The van der Waals surface area contributed by atoms with E-state index in [1.165, 1.54) is 18.9 Å². The van der Waals surface area contributed by atoms with Gasteiger partial charge in [-0.2, -0.15) is 0 Å². The van der Waals surface area contributed by atoms with Crippen molar-refractivity contribution < 1.29 is 33.3 Å². The minimum atomic E-state index is -1.45. The van der Waals surface area contributed by atoms with Gasteiger partial charge in [0.25, 0.3) is 5.79 Å². The van der Waals surface area contributed by atoms with Crippen LogP contribution >= 0.6 is 11.8 Å². The summed E-state index contributed by atoms with van der Waals surface area (Å²) in [5.41, 5.74) is -2.18. The highest BCUT2D eigenvalue weighted by Crippen LogP contribution is 2.53. The van der Waals surface area contributed by atoms with Crippen LogP contribution in [0.3, 0.4) is 0 Å². The minimum absolute atomic E-state index is 0.260. The fraction of sp³-hybridized carbons (Fsp3) is 0.375. The number of carbonyl (C=O) groups is 3. The van der Waals surface area contributed by atoms with Gasteiger partial charge < -0.3 is 18.9 Å². The Balaban J connectivity index is 1.44. The third kappa shape index (κ3) is 2.76. The Hall–Kier alpha value is -2.52. The smallest absolute Gasteiger partial charge is 0.263 e. The molecule has 5 rings (SSSR count). The van der Waals surface area contributed by atoms with Crippen LogP contribution < -0.4 is 4.74 Å². The number of aldehydes is 1. The predicted molar refractivity (Wildman–Crippen MR) is 115 cm³/mol. The first-order valence-electron chi connectivity index (χ1n) is 10.2. The first-order chi connectivity index (χ1) is 15.0. The van der Waals surface area contributed by atoms with Crippen molar-refractivity contribution in [2.24, 2.45) is 0 Å². The van der Waals surface area contributed by atoms with Gasteiger partial charge in [0.2, 0.25) is 17.2 Å². The molecule has 2 aromatic rings. The number of hydrogen-bond donors (Lipinski definition) is 0. The number of ether oxygens (including phenoxy) is 4. The van der Waals surface area contributed by atoms with Crippen LogP contribution in [0.25, 0.3) is 0 Å². The van der Waals surface area contributed by atoms with E-state index in [1.807, 2.05) is 0 Å². The number of rotatable bonds is 6. The summed E-state index contributed by atoms with van der Waals surface area (Å²) in [6.07, 6.45) is 0.568. The maximum atomic E-state index is 13.1. The lowest BCUT2D eigenvalue weighted by molar-refractivity contribution is -0.110. The molecule has 2 fully saturated rings. The van der Waals surface area contributed by atoms with E-state index in [0.717, 1.165) is 4.90 Å². The number of benzene rings is 2. The number of carbonyl (C=O) groups excluding carboxylic acids is 3. The van der Waals surface area contributed by atoms with Gasteiger partial charge in [-0.1, -0.05) is 11.8 Å². The quantitative estimate of drug-likeness (QED) is 0.237. The Morgan fingerprint density at radius 1 is 0.875 bits per heavy atom. The Labute approximate surface area is 189 Å². The van der Waals surface area contributed by atoms with Gasteiger partial charge in [0.1, 0.15) is 22.7 Å². The third-order valence-electron chi connectivity index (χ3n) is 6.36. The van der Waals surface area contributed by atoms with Crippen LogP contribution in [0.2, 0.25) is 0 Å². The molecule has 0 aliphatic carbocycles. The summed E-state index contributed by atoms with van der Waals surface area (Å²) in [5, 5.41) is 0. The van der Waals surface area contributed by atoms with Crippen molar-refractivity contribution in [3.63, 3.8) is 0 Å². The number of hydrogen-bond acceptors (Lipinski definition) is 8. The molecule has 2 unspecified atom stereocenters. The second kappa shape index (κ2) is 6.51. The SMILES string of the molecule is COC1(C(=O)c2ccc3c(c2)Sc2cc(C(=O)C4(C=O)OC4(C)C)ccc2O3)OC1(C)C. The molecule has 7 nitrogen and oxygen atoms in total. The molecule has 8 heteroatoms. The van der Waals surface area contributed by atoms with Crippen LogP contribution in [0.4, 0.5) is 0 Å². The van der Waals surface area contributed by atoms with Crippen molar-refractivity contribution in [2.75, 3.05) is 7.11 Å². The zero-order valence-electron chi connectivity index (χ0n) is 18.3. The zero-order chi connectivity index (χ0) is 23.1. The number of fused-ring (bicyclic) bond motifs is 2. The Kier molecular flexibility index (Phi) is 4.34. The highest BCUT2D eigenvalue weighted by atomic mass is 32.2. The van der Waals surface area contributed by atoms with Gasteiger partial charge in [-0.05, 0) is 64.1 Å². The van der Waals surface area contributed by atoms with Gasteiger partial charge in [0, 0.05) is 18.2 Å². The monoisotopic (exact) mass is 454 g/mol. The maximum Gasteiger partial charge on any atom is 0.263 e. The van der Waals surface area contributed by atoms with E-state index in [9.17, 15) is 14.4 Å². The minimum Gasteiger partial charge on any atom is -0.455 e. The average Bonchev–Trinajstić information content (AvgIpc) is 3.57. The molecule has 0 spiro atoms. The van der Waals surface area contributed by atoms with Gasteiger partial charge in [-0.3, -0.25) is 14.4 Å². The van der Waals surface area contributed by atoms with Crippen molar-refractivity contribution in [1.82, 2.24) is 0 Å². The van der Waals surface area contributed by atoms with Crippen molar-refractivity contribution in [3.8, 4) is 11.5 Å². The summed E-state index contributed by atoms with van der Waals surface area (Å²) < 4.78 is 22.4. The first-order valence-corrected chi connectivity index (χ1v) is 11.0.